The van der Waals surface area contributed by atoms with E-state index < -0.39 is 0 Å². The maximum absolute atomic E-state index is 11.7. The van der Waals surface area contributed by atoms with Crippen LogP contribution in [0.15, 0.2) is 18.2 Å². The van der Waals surface area contributed by atoms with Crippen LogP contribution in [-0.4, -0.2) is 32.8 Å². The topological polar surface area (TPSA) is 56.8 Å². The number of esters is 1. The Morgan fingerprint density at radius 1 is 1.29 bits per heavy atom. The number of hydrogen-bond donors (Lipinski definition) is 1. The average molecular weight is 291 g/mol. The quantitative estimate of drug-likeness (QED) is 0.665. The zero-order chi connectivity index (χ0) is 15.2. The summed E-state index contributed by atoms with van der Waals surface area (Å²) in [5.41, 5.74) is 2.85. The first kappa shape index (κ1) is 15.2. The summed E-state index contributed by atoms with van der Waals surface area (Å²) >= 11 is 0. The molecule has 0 spiro atoms. The van der Waals surface area contributed by atoms with Crippen LogP contribution in [-0.2, 0) is 16.0 Å². The highest BCUT2D eigenvalue weighted by atomic mass is 16.5. The molecule has 0 atom stereocenters. The number of fused-ring (bicyclic) bond motifs is 1. The zero-order valence-corrected chi connectivity index (χ0v) is 12.7. The normalized spacial score (nSPS) is 15.1. The van der Waals surface area contributed by atoms with Gasteiger partial charge in [0.1, 0.15) is 0 Å². The smallest absolute Gasteiger partial charge is 0.332 e. The Kier molecular flexibility index (Phi) is 5.09. The van der Waals surface area contributed by atoms with Gasteiger partial charge in [-0.1, -0.05) is 0 Å². The van der Waals surface area contributed by atoms with E-state index in [1.807, 2.05) is 19.1 Å². The summed E-state index contributed by atoms with van der Waals surface area (Å²) in [5.74, 6) is 1.05. The Bertz CT molecular complexity index is 551. The summed E-state index contributed by atoms with van der Waals surface area (Å²) in [6.07, 6.45) is 2.36. The van der Waals surface area contributed by atoms with E-state index >= 15 is 0 Å². The minimum atomic E-state index is -0.346. The molecular formula is C16H21NO4. The summed E-state index contributed by atoms with van der Waals surface area (Å²) in [7, 11) is 1.63. The van der Waals surface area contributed by atoms with Gasteiger partial charge in [-0.25, -0.2) is 4.79 Å². The minimum Gasteiger partial charge on any atom is -0.493 e. The molecular weight excluding hydrogens is 270 g/mol. The minimum absolute atomic E-state index is 0.346. The van der Waals surface area contributed by atoms with E-state index in [4.69, 9.17) is 14.2 Å². The van der Waals surface area contributed by atoms with Gasteiger partial charge in [0.15, 0.2) is 11.5 Å². The number of nitrogens with one attached hydrogen (secondary N) is 1. The van der Waals surface area contributed by atoms with Crippen molar-refractivity contribution < 1.29 is 19.0 Å². The molecule has 0 radical (unpaired) electrons. The fraction of sp³-hybridized carbons (Fsp3) is 0.438. The zero-order valence-electron chi connectivity index (χ0n) is 12.7. The molecule has 0 saturated carbocycles. The molecule has 1 N–H and O–H groups in total. The Morgan fingerprint density at radius 2 is 2.10 bits per heavy atom. The van der Waals surface area contributed by atoms with E-state index in [0.29, 0.717) is 24.7 Å². The molecule has 21 heavy (non-hydrogen) atoms. The van der Waals surface area contributed by atoms with Gasteiger partial charge in [0.05, 0.1) is 20.3 Å². The lowest BCUT2D eigenvalue weighted by Crippen LogP contribution is -2.24. The van der Waals surface area contributed by atoms with Crippen molar-refractivity contribution in [3.05, 3.63) is 29.3 Å². The lowest BCUT2D eigenvalue weighted by Gasteiger charge is -2.23. The predicted molar refractivity (Wildman–Crippen MR) is 80.5 cm³/mol. The monoisotopic (exact) mass is 291 g/mol. The molecule has 1 aliphatic heterocycles. The van der Waals surface area contributed by atoms with Crippen molar-refractivity contribution in [2.24, 2.45) is 0 Å². The highest BCUT2D eigenvalue weighted by Crippen LogP contribution is 2.35. The first-order valence-corrected chi connectivity index (χ1v) is 7.16. The van der Waals surface area contributed by atoms with E-state index in [2.05, 4.69) is 5.32 Å². The molecule has 0 unspecified atom stereocenters. The Hall–Kier alpha value is -2.17. The van der Waals surface area contributed by atoms with Gasteiger partial charge in [-0.05, 0) is 38.0 Å². The molecule has 0 aromatic heterocycles. The molecule has 0 saturated heterocycles. The Balaban J connectivity index is 2.41. The second-order valence-corrected chi connectivity index (χ2v) is 4.58. The second kappa shape index (κ2) is 7.02. The molecule has 1 heterocycles. The molecule has 0 bridgehead atoms. The predicted octanol–water partition coefficient (Wildman–Crippen LogP) is 2.14. The summed E-state index contributed by atoms with van der Waals surface area (Å²) in [5, 5.41) is 3.24. The van der Waals surface area contributed by atoms with Crippen molar-refractivity contribution in [1.82, 2.24) is 5.32 Å². The first-order valence-electron chi connectivity index (χ1n) is 7.16. The van der Waals surface area contributed by atoms with Crippen LogP contribution in [0.25, 0.3) is 5.70 Å². The fourth-order valence-corrected chi connectivity index (χ4v) is 2.35. The van der Waals surface area contributed by atoms with Gasteiger partial charge in [-0.3, -0.25) is 0 Å². The van der Waals surface area contributed by atoms with E-state index in [0.717, 1.165) is 29.8 Å². The number of rotatable bonds is 5. The summed E-state index contributed by atoms with van der Waals surface area (Å²) in [4.78, 5) is 11.7. The third-order valence-corrected chi connectivity index (χ3v) is 3.24. The molecule has 0 amide bonds. The highest BCUT2D eigenvalue weighted by molar-refractivity contribution is 5.92. The molecule has 5 nitrogen and oxygen atoms in total. The molecule has 1 aromatic carbocycles. The number of carbonyl (C=O) groups is 1. The van der Waals surface area contributed by atoms with E-state index in [1.54, 1.807) is 14.0 Å². The van der Waals surface area contributed by atoms with E-state index in [9.17, 15) is 4.79 Å². The Morgan fingerprint density at radius 3 is 2.76 bits per heavy atom. The molecule has 0 fully saturated rings. The Labute approximate surface area is 124 Å². The van der Waals surface area contributed by atoms with Crippen molar-refractivity contribution in [1.29, 1.82) is 0 Å². The van der Waals surface area contributed by atoms with Crippen LogP contribution in [0.1, 0.15) is 25.0 Å². The molecule has 2 rings (SSSR count). The molecule has 0 aliphatic carbocycles. The molecule has 114 valence electrons. The number of benzene rings is 1. The third-order valence-electron chi connectivity index (χ3n) is 3.24. The van der Waals surface area contributed by atoms with Crippen LogP contribution in [0.5, 0.6) is 11.5 Å². The van der Waals surface area contributed by atoms with Crippen LogP contribution in [0, 0.1) is 0 Å². The lowest BCUT2D eigenvalue weighted by atomic mass is 9.97. The van der Waals surface area contributed by atoms with Gasteiger partial charge >= 0.3 is 5.97 Å². The number of carbonyl (C=O) groups excluding carboxylic acids is 1. The third kappa shape index (κ3) is 3.48. The van der Waals surface area contributed by atoms with Crippen molar-refractivity contribution in [3.63, 3.8) is 0 Å². The van der Waals surface area contributed by atoms with Crippen molar-refractivity contribution in [3.8, 4) is 11.5 Å². The SMILES string of the molecule is CCOC(=O)/C=C1\NCCc2cc(OC)c(OCC)cc21. The molecule has 5 heteroatoms. The van der Waals surface area contributed by atoms with Crippen molar-refractivity contribution in [2.45, 2.75) is 20.3 Å². The van der Waals surface area contributed by atoms with Gasteiger partial charge in [0.2, 0.25) is 0 Å². The first-order chi connectivity index (χ1) is 10.2. The van der Waals surface area contributed by atoms with Gasteiger partial charge in [0.25, 0.3) is 0 Å². The van der Waals surface area contributed by atoms with Gasteiger partial charge in [-0.15, -0.1) is 0 Å². The maximum atomic E-state index is 11.7. The summed E-state index contributed by atoms with van der Waals surface area (Å²) < 4.78 is 15.9. The fourth-order valence-electron chi connectivity index (χ4n) is 2.35. The average Bonchev–Trinajstić information content (AvgIpc) is 2.48. The van der Waals surface area contributed by atoms with Crippen LogP contribution < -0.4 is 14.8 Å². The molecule has 1 aliphatic rings. The molecule has 1 aromatic rings. The maximum Gasteiger partial charge on any atom is 0.332 e. The van der Waals surface area contributed by atoms with Crippen molar-refractivity contribution in [2.75, 3.05) is 26.9 Å². The largest absolute Gasteiger partial charge is 0.493 e. The van der Waals surface area contributed by atoms with E-state index in [1.165, 1.54) is 6.08 Å². The number of ether oxygens (including phenoxy) is 3. The van der Waals surface area contributed by atoms with Crippen LogP contribution in [0.2, 0.25) is 0 Å². The van der Waals surface area contributed by atoms with Gasteiger partial charge in [0, 0.05) is 23.9 Å². The van der Waals surface area contributed by atoms with Gasteiger partial charge < -0.3 is 19.5 Å². The number of methoxy groups -OCH3 is 1. The standard InChI is InChI=1S/C16H21NO4/c1-4-20-15-9-12-11(8-14(15)19-3)6-7-17-13(12)10-16(18)21-5-2/h8-10,17H,4-7H2,1-3H3/b13-10-. The lowest BCUT2D eigenvalue weighted by molar-refractivity contribution is -0.137. The number of hydrogen-bond acceptors (Lipinski definition) is 5. The van der Waals surface area contributed by atoms with Crippen LogP contribution in [0.3, 0.4) is 0 Å². The van der Waals surface area contributed by atoms with Crippen molar-refractivity contribution >= 4 is 11.7 Å². The summed E-state index contributed by atoms with van der Waals surface area (Å²) in [6.45, 7) is 5.40. The van der Waals surface area contributed by atoms with Crippen LogP contribution in [0.4, 0.5) is 0 Å². The van der Waals surface area contributed by atoms with Gasteiger partial charge in [-0.2, -0.15) is 0 Å². The summed E-state index contributed by atoms with van der Waals surface area (Å²) in [6, 6.07) is 3.88. The highest BCUT2D eigenvalue weighted by Gasteiger charge is 2.19. The second-order valence-electron chi connectivity index (χ2n) is 4.58. The van der Waals surface area contributed by atoms with Crippen LogP contribution >= 0.6 is 0 Å². The van der Waals surface area contributed by atoms with E-state index in [-0.39, 0.29) is 5.97 Å².